The standard InChI is InChI=1S/C46H49N3O9/c1-55-28-29-57-45(54)48-36-23-12-11-22-35(36)46(44(48)53)37(42(51)47-24-13-3-2-4-14-25-47)39-43(52)58-40(32-18-9-6-10-19-32)38(31-16-7-5-8-17-31)49(39)41(46)33-20-15-21-34(30-33)56-27-26-50/h5-12,15-23,30,37-41,50H,2-4,13-14,24-29H2,1H3/t37-,38-,39-,40+,41+,46-/m0/s1. The minimum Gasteiger partial charge on any atom is -0.491 e. The van der Waals surface area contributed by atoms with Gasteiger partial charge in [-0.1, -0.05) is 110 Å². The van der Waals surface area contributed by atoms with E-state index in [2.05, 4.69) is 0 Å². The highest BCUT2D eigenvalue weighted by Gasteiger charge is 2.76. The maximum Gasteiger partial charge on any atom is 0.421 e. The van der Waals surface area contributed by atoms with Gasteiger partial charge in [-0.2, -0.15) is 0 Å². The number of esters is 1. The second-order valence-electron chi connectivity index (χ2n) is 15.3. The van der Waals surface area contributed by atoms with Crippen molar-refractivity contribution in [3.63, 3.8) is 0 Å². The molecule has 8 rings (SSSR count). The quantitative estimate of drug-likeness (QED) is 0.144. The Kier molecular flexibility index (Phi) is 11.6. The second-order valence-corrected chi connectivity index (χ2v) is 15.3. The van der Waals surface area contributed by atoms with Crippen molar-refractivity contribution in [2.75, 3.05) is 51.5 Å². The summed E-state index contributed by atoms with van der Waals surface area (Å²) in [6.07, 6.45) is 2.80. The zero-order chi connectivity index (χ0) is 40.2. The Balaban J connectivity index is 1.43. The Bertz CT molecular complexity index is 2110. The normalized spacial score (nSPS) is 25.7. The number of para-hydroxylation sites is 1. The van der Waals surface area contributed by atoms with Gasteiger partial charge in [0.05, 0.1) is 36.9 Å². The number of imide groups is 1. The number of aliphatic hydroxyl groups excluding tert-OH is 1. The summed E-state index contributed by atoms with van der Waals surface area (Å²) in [6, 6.07) is 30.5. The van der Waals surface area contributed by atoms with Gasteiger partial charge in [0.15, 0.2) is 0 Å². The minimum absolute atomic E-state index is 0.0274. The maximum absolute atomic E-state index is 16.0. The van der Waals surface area contributed by atoms with Gasteiger partial charge in [-0.15, -0.1) is 0 Å². The molecule has 58 heavy (non-hydrogen) atoms. The van der Waals surface area contributed by atoms with E-state index in [1.807, 2.05) is 76.5 Å². The third kappa shape index (κ3) is 6.82. The summed E-state index contributed by atoms with van der Waals surface area (Å²) < 4.78 is 23.3. The molecule has 3 saturated heterocycles. The van der Waals surface area contributed by atoms with E-state index in [4.69, 9.17) is 18.9 Å². The first kappa shape index (κ1) is 39.3. The summed E-state index contributed by atoms with van der Waals surface area (Å²) in [5.74, 6) is -2.53. The maximum atomic E-state index is 16.0. The first-order valence-corrected chi connectivity index (χ1v) is 20.2. The molecule has 0 bridgehead atoms. The topological polar surface area (TPSA) is 135 Å². The highest BCUT2D eigenvalue weighted by molar-refractivity contribution is 6.23. The molecule has 3 amide bonds. The molecule has 0 aliphatic carbocycles. The molecule has 1 N–H and O–H groups in total. The van der Waals surface area contributed by atoms with Crippen LogP contribution in [0.15, 0.2) is 109 Å². The summed E-state index contributed by atoms with van der Waals surface area (Å²) in [4.78, 5) is 66.1. The number of anilines is 1. The van der Waals surface area contributed by atoms with Crippen LogP contribution in [0.2, 0.25) is 0 Å². The number of methoxy groups -OCH3 is 1. The van der Waals surface area contributed by atoms with E-state index < -0.39 is 53.5 Å². The van der Waals surface area contributed by atoms with Crippen LogP contribution >= 0.6 is 0 Å². The van der Waals surface area contributed by atoms with Crippen LogP contribution in [0.1, 0.15) is 72.5 Å². The summed E-state index contributed by atoms with van der Waals surface area (Å²) >= 11 is 0. The number of carbonyl (C=O) groups excluding carboxylic acids is 4. The Hall–Kier alpha value is -5.56. The number of fused-ring (bicyclic) bond motifs is 3. The van der Waals surface area contributed by atoms with Crippen molar-refractivity contribution in [2.45, 2.75) is 61.7 Å². The lowest BCUT2D eigenvalue weighted by atomic mass is 9.65. The van der Waals surface area contributed by atoms with Gasteiger partial charge in [-0.05, 0) is 53.3 Å². The van der Waals surface area contributed by atoms with Crippen LogP contribution < -0.4 is 9.64 Å². The van der Waals surface area contributed by atoms with Crippen molar-refractivity contribution in [1.29, 1.82) is 0 Å². The molecule has 4 aliphatic heterocycles. The van der Waals surface area contributed by atoms with Gasteiger partial charge < -0.3 is 29.0 Å². The fourth-order valence-corrected chi connectivity index (χ4v) is 9.70. The van der Waals surface area contributed by atoms with E-state index in [1.54, 1.807) is 42.5 Å². The van der Waals surface area contributed by atoms with Crippen LogP contribution in [-0.4, -0.2) is 91.5 Å². The number of amides is 3. The molecule has 4 aliphatic rings. The molecule has 1 spiro atoms. The number of rotatable bonds is 10. The van der Waals surface area contributed by atoms with E-state index >= 15 is 14.4 Å². The summed E-state index contributed by atoms with van der Waals surface area (Å²) in [6.45, 7) is 0.755. The van der Waals surface area contributed by atoms with Crippen molar-refractivity contribution in [1.82, 2.24) is 9.80 Å². The molecule has 12 nitrogen and oxygen atoms in total. The zero-order valence-corrected chi connectivity index (χ0v) is 32.6. The average molecular weight is 788 g/mol. The van der Waals surface area contributed by atoms with Crippen LogP contribution in [0, 0.1) is 5.92 Å². The highest BCUT2D eigenvalue weighted by Crippen LogP contribution is 2.66. The molecule has 12 heteroatoms. The fourth-order valence-electron chi connectivity index (χ4n) is 9.70. The largest absolute Gasteiger partial charge is 0.491 e. The summed E-state index contributed by atoms with van der Waals surface area (Å²) in [7, 11) is 1.49. The molecule has 0 saturated carbocycles. The van der Waals surface area contributed by atoms with Gasteiger partial charge in [0.25, 0.3) is 0 Å². The van der Waals surface area contributed by atoms with Crippen molar-refractivity contribution >= 4 is 29.6 Å². The first-order valence-electron chi connectivity index (χ1n) is 20.2. The number of aliphatic hydroxyl groups is 1. The number of carbonyl (C=O) groups is 4. The number of hydrogen-bond donors (Lipinski definition) is 1. The van der Waals surface area contributed by atoms with E-state index in [-0.39, 0.29) is 38.0 Å². The molecular formula is C46H49N3O9. The van der Waals surface area contributed by atoms with Gasteiger partial charge in [0.1, 0.15) is 36.5 Å². The number of cyclic esters (lactones) is 1. The Morgan fingerprint density at radius 2 is 1.41 bits per heavy atom. The number of morpholine rings is 1. The van der Waals surface area contributed by atoms with Crippen LogP contribution in [-0.2, 0) is 34.0 Å². The Morgan fingerprint density at radius 1 is 0.759 bits per heavy atom. The first-order chi connectivity index (χ1) is 28.4. The molecule has 4 heterocycles. The third-order valence-corrected chi connectivity index (χ3v) is 12.0. The Labute approximate surface area is 338 Å². The SMILES string of the molecule is COCCOC(=O)N1C(=O)[C@@]2(c3ccccc31)[C@H](C(=O)N1CCCCCCC1)[C@H]1C(=O)O[C@H](c3ccccc3)[C@H](c3ccccc3)N1[C@@H]2c1cccc(OCCO)c1. The predicted octanol–water partition coefficient (Wildman–Crippen LogP) is 6.30. The van der Waals surface area contributed by atoms with Gasteiger partial charge in [-0.3, -0.25) is 19.3 Å². The molecule has 4 aromatic carbocycles. The molecule has 0 radical (unpaired) electrons. The number of hydrogen-bond acceptors (Lipinski definition) is 10. The lowest BCUT2D eigenvalue weighted by molar-refractivity contribution is -0.179. The zero-order valence-electron chi connectivity index (χ0n) is 32.6. The van der Waals surface area contributed by atoms with Crippen molar-refractivity contribution in [3.8, 4) is 5.75 Å². The smallest absolute Gasteiger partial charge is 0.421 e. The van der Waals surface area contributed by atoms with Crippen molar-refractivity contribution in [3.05, 3.63) is 131 Å². The van der Waals surface area contributed by atoms with Crippen LogP contribution in [0.25, 0.3) is 0 Å². The lowest BCUT2D eigenvalue weighted by Crippen LogP contribution is -2.56. The lowest BCUT2D eigenvalue weighted by Gasteiger charge is -2.46. The molecular weight excluding hydrogens is 739 g/mol. The van der Waals surface area contributed by atoms with Crippen molar-refractivity contribution in [2.24, 2.45) is 5.92 Å². The van der Waals surface area contributed by atoms with E-state index in [1.165, 1.54) is 7.11 Å². The number of benzene rings is 4. The third-order valence-electron chi connectivity index (χ3n) is 12.0. The van der Waals surface area contributed by atoms with E-state index in [0.29, 0.717) is 30.0 Å². The van der Waals surface area contributed by atoms with Crippen LogP contribution in [0.3, 0.4) is 0 Å². The van der Waals surface area contributed by atoms with Gasteiger partial charge in [0.2, 0.25) is 11.8 Å². The summed E-state index contributed by atoms with van der Waals surface area (Å²) in [5.41, 5.74) is 1.03. The molecule has 4 aromatic rings. The monoisotopic (exact) mass is 787 g/mol. The van der Waals surface area contributed by atoms with E-state index in [0.717, 1.165) is 48.1 Å². The molecule has 6 atom stereocenters. The van der Waals surface area contributed by atoms with Crippen molar-refractivity contribution < 1.29 is 43.2 Å². The van der Waals surface area contributed by atoms with Crippen LogP contribution in [0.4, 0.5) is 10.5 Å². The van der Waals surface area contributed by atoms with Crippen LogP contribution in [0.5, 0.6) is 5.75 Å². The van der Waals surface area contributed by atoms with Gasteiger partial charge >= 0.3 is 12.1 Å². The fraction of sp³-hybridized carbons (Fsp3) is 0.391. The highest BCUT2D eigenvalue weighted by atomic mass is 16.6. The second kappa shape index (κ2) is 17.1. The minimum atomic E-state index is -1.84. The molecule has 0 unspecified atom stereocenters. The Morgan fingerprint density at radius 3 is 2.12 bits per heavy atom. The van der Waals surface area contributed by atoms with Gasteiger partial charge in [-0.25, -0.2) is 9.69 Å². The number of nitrogens with zero attached hydrogens (tertiary/aromatic N) is 3. The predicted molar refractivity (Wildman–Crippen MR) is 214 cm³/mol. The summed E-state index contributed by atoms with van der Waals surface area (Å²) in [5, 5.41) is 9.69. The number of likely N-dealkylation sites (tertiary alicyclic amines) is 1. The molecule has 302 valence electrons. The van der Waals surface area contributed by atoms with E-state index in [9.17, 15) is 9.90 Å². The number of ether oxygens (including phenoxy) is 4. The molecule has 0 aromatic heterocycles. The van der Waals surface area contributed by atoms with Gasteiger partial charge in [0, 0.05) is 20.2 Å². The molecule has 3 fully saturated rings. The average Bonchev–Trinajstić information content (AvgIpc) is 3.70.